The molecule has 0 aliphatic heterocycles. The zero-order valence-corrected chi connectivity index (χ0v) is 10.7. The first-order valence-corrected chi connectivity index (χ1v) is 6.31. The number of nitrogens with one attached hydrogen (secondary N) is 2. The molecule has 0 bridgehead atoms. The van der Waals surface area contributed by atoms with Gasteiger partial charge >= 0.3 is 0 Å². The normalized spacial score (nSPS) is 12.4. The van der Waals surface area contributed by atoms with Crippen LogP contribution < -0.4 is 10.6 Å². The lowest BCUT2D eigenvalue weighted by Gasteiger charge is -2.11. The van der Waals surface area contributed by atoms with Crippen LogP contribution in [0, 0.1) is 0 Å². The molecule has 0 aliphatic carbocycles. The minimum atomic E-state index is -0.518. The Balaban J connectivity index is 2.41. The highest BCUT2D eigenvalue weighted by Gasteiger charge is 2.12. The van der Waals surface area contributed by atoms with E-state index < -0.39 is 6.04 Å². The minimum absolute atomic E-state index is 0.176. The third kappa shape index (κ3) is 4.82. The van der Waals surface area contributed by atoms with Crippen molar-refractivity contribution < 1.29 is 9.59 Å². The van der Waals surface area contributed by atoms with Gasteiger partial charge in [0, 0.05) is 17.5 Å². The maximum absolute atomic E-state index is 11.5. The van der Waals surface area contributed by atoms with Gasteiger partial charge < -0.3 is 10.6 Å². The quantitative estimate of drug-likeness (QED) is 0.778. The standard InChI is InChI=1S/C12H16N2O2S/c1-3-13-12(16)9(2)14-11(15)7-6-10-5-4-8-17-10/h4-9H,3H2,1-2H3,(H,13,16)(H,14,15). The molecule has 1 aromatic rings. The zero-order chi connectivity index (χ0) is 12.7. The zero-order valence-electron chi connectivity index (χ0n) is 9.90. The van der Waals surface area contributed by atoms with Gasteiger partial charge in [0.05, 0.1) is 0 Å². The molecule has 2 amide bonds. The van der Waals surface area contributed by atoms with Crippen molar-refractivity contribution in [3.05, 3.63) is 28.5 Å². The second kappa shape index (κ2) is 6.85. The molecule has 0 saturated carbocycles. The van der Waals surface area contributed by atoms with Crippen LogP contribution in [0.4, 0.5) is 0 Å². The van der Waals surface area contributed by atoms with Gasteiger partial charge in [-0.25, -0.2) is 0 Å². The largest absolute Gasteiger partial charge is 0.355 e. The molecule has 2 N–H and O–H groups in total. The Morgan fingerprint density at radius 1 is 1.53 bits per heavy atom. The summed E-state index contributed by atoms with van der Waals surface area (Å²) in [6, 6.07) is 3.32. The summed E-state index contributed by atoms with van der Waals surface area (Å²) in [5.41, 5.74) is 0. The van der Waals surface area contributed by atoms with E-state index in [0.29, 0.717) is 6.54 Å². The van der Waals surface area contributed by atoms with Gasteiger partial charge in [-0.15, -0.1) is 11.3 Å². The van der Waals surface area contributed by atoms with E-state index in [0.717, 1.165) is 4.88 Å². The maximum atomic E-state index is 11.5. The molecule has 1 aromatic heterocycles. The lowest BCUT2D eigenvalue weighted by Crippen LogP contribution is -2.44. The van der Waals surface area contributed by atoms with E-state index in [2.05, 4.69) is 10.6 Å². The molecule has 92 valence electrons. The molecule has 4 nitrogen and oxygen atoms in total. The summed E-state index contributed by atoms with van der Waals surface area (Å²) >= 11 is 1.55. The molecule has 0 aromatic carbocycles. The van der Waals surface area contributed by atoms with E-state index >= 15 is 0 Å². The summed E-state index contributed by atoms with van der Waals surface area (Å²) < 4.78 is 0. The first kappa shape index (κ1) is 13.4. The summed E-state index contributed by atoms with van der Waals surface area (Å²) in [6.07, 6.45) is 3.16. The van der Waals surface area contributed by atoms with Crippen molar-refractivity contribution in [1.29, 1.82) is 0 Å². The van der Waals surface area contributed by atoms with E-state index in [1.54, 1.807) is 24.3 Å². The molecule has 1 unspecified atom stereocenters. The number of thiophene rings is 1. The van der Waals surface area contributed by atoms with E-state index in [9.17, 15) is 9.59 Å². The highest BCUT2D eigenvalue weighted by molar-refractivity contribution is 7.10. The van der Waals surface area contributed by atoms with Crippen LogP contribution in [0.15, 0.2) is 23.6 Å². The monoisotopic (exact) mass is 252 g/mol. The Labute approximate surface area is 105 Å². The van der Waals surface area contributed by atoms with Gasteiger partial charge in [-0.2, -0.15) is 0 Å². The Morgan fingerprint density at radius 2 is 2.29 bits per heavy atom. The highest BCUT2D eigenvalue weighted by Crippen LogP contribution is 2.09. The van der Waals surface area contributed by atoms with Crippen molar-refractivity contribution in [3.63, 3.8) is 0 Å². The average Bonchev–Trinajstić information content (AvgIpc) is 2.79. The Bertz CT molecular complexity index is 399. The third-order valence-electron chi connectivity index (χ3n) is 2.05. The van der Waals surface area contributed by atoms with Crippen molar-refractivity contribution in [1.82, 2.24) is 10.6 Å². The van der Waals surface area contributed by atoms with Crippen molar-refractivity contribution in [2.75, 3.05) is 6.54 Å². The van der Waals surface area contributed by atoms with E-state index in [4.69, 9.17) is 0 Å². The topological polar surface area (TPSA) is 58.2 Å². The first-order chi connectivity index (χ1) is 8.13. The molecular weight excluding hydrogens is 236 g/mol. The van der Waals surface area contributed by atoms with Crippen LogP contribution in [0.25, 0.3) is 6.08 Å². The van der Waals surface area contributed by atoms with Crippen molar-refractivity contribution in [2.45, 2.75) is 19.9 Å². The Hall–Kier alpha value is -1.62. The van der Waals surface area contributed by atoms with Crippen LogP contribution in [0.1, 0.15) is 18.7 Å². The van der Waals surface area contributed by atoms with Crippen molar-refractivity contribution in [2.24, 2.45) is 0 Å². The number of rotatable bonds is 5. The molecule has 0 aliphatic rings. The number of carbonyl (C=O) groups excluding carboxylic acids is 2. The molecule has 5 heteroatoms. The molecular formula is C12H16N2O2S. The van der Waals surface area contributed by atoms with Crippen LogP contribution >= 0.6 is 11.3 Å². The summed E-state index contributed by atoms with van der Waals surface area (Å²) in [5, 5.41) is 7.18. The fraction of sp³-hybridized carbons (Fsp3) is 0.333. The number of amides is 2. The molecule has 0 radical (unpaired) electrons. The predicted octanol–water partition coefficient (Wildman–Crippen LogP) is 1.40. The fourth-order valence-corrected chi connectivity index (χ4v) is 1.82. The molecule has 0 spiro atoms. The lowest BCUT2D eigenvalue weighted by atomic mass is 10.3. The van der Waals surface area contributed by atoms with E-state index in [1.807, 2.05) is 24.4 Å². The van der Waals surface area contributed by atoms with Gasteiger partial charge in [-0.1, -0.05) is 6.07 Å². The highest BCUT2D eigenvalue weighted by atomic mass is 32.1. The number of likely N-dealkylation sites (N-methyl/N-ethyl adjacent to an activating group) is 1. The van der Waals surface area contributed by atoms with Crippen molar-refractivity contribution in [3.8, 4) is 0 Å². The number of hydrogen-bond donors (Lipinski definition) is 2. The molecule has 0 fully saturated rings. The molecule has 1 heterocycles. The third-order valence-corrected chi connectivity index (χ3v) is 2.88. The minimum Gasteiger partial charge on any atom is -0.355 e. The van der Waals surface area contributed by atoms with Crippen LogP contribution in [-0.4, -0.2) is 24.4 Å². The number of hydrogen-bond acceptors (Lipinski definition) is 3. The van der Waals surface area contributed by atoms with E-state index in [1.165, 1.54) is 6.08 Å². The Kier molecular flexibility index (Phi) is 5.42. The van der Waals surface area contributed by atoms with Crippen LogP contribution in [-0.2, 0) is 9.59 Å². The van der Waals surface area contributed by atoms with Crippen LogP contribution in [0.3, 0.4) is 0 Å². The first-order valence-electron chi connectivity index (χ1n) is 5.43. The summed E-state index contributed by atoms with van der Waals surface area (Å²) in [7, 11) is 0. The van der Waals surface area contributed by atoms with Gasteiger partial charge in [0.25, 0.3) is 0 Å². The lowest BCUT2D eigenvalue weighted by molar-refractivity contribution is -0.126. The van der Waals surface area contributed by atoms with Gasteiger partial charge in [-0.3, -0.25) is 9.59 Å². The molecule has 1 atom stereocenters. The fourth-order valence-electron chi connectivity index (χ4n) is 1.20. The summed E-state index contributed by atoms with van der Waals surface area (Å²) in [5.74, 6) is -0.442. The predicted molar refractivity (Wildman–Crippen MR) is 69.6 cm³/mol. The van der Waals surface area contributed by atoms with Gasteiger partial charge in [0.15, 0.2) is 0 Å². The van der Waals surface area contributed by atoms with Gasteiger partial charge in [0.2, 0.25) is 11.8 Å². The molecule has 1 rings (SSSR count). The molecule has 0 saturated heterocycles. The summed E-state index contributed by atoms with van der Waals surface area (Å²) in [4.78, 5) is 23.9. The van der Waals surface area contributed by atoms with Crippen LogP contribution in [0.2, 0.25) is 0 Å². The average molecular weight is 252 g/mol. The van der Waals surface area contributed by atoms with Gasteiger partial charge in [-0.05, 0) is 31.4 Å². The Morgan fingerprint density at radius 3 is 2.88 bits per heavy atom. The second-order valence-electron chi connectivity index (χ2n) is 3.47. The molecule has 17 heavy (non-hydrogen) atoms. The smallest absolute Gasteiger partial charge is 0.244 e. The van der Waals surface area contributed by atoms with Crippen LogP contribution in [0.5, 0.6) is 0 Å². The SMILES string of the molecule is CCNC(=O)C(C)NC(=O)C=Cc1cccs1. The second-order valence-corrected chi connectivity index (χ2v) is 4.45. The van der Waals surface area contributed by atoms with Crippen molar-refractivity contribution >= 4 is 29.2 Å². The van der Waals surface area contributed by atoms with E-state index in [-0.39, 0.29) is 11.8 Å². The number of carbonyl (C=O) groups is 2. The van der Waals surface area contributed by atoms with Gasteiger partial charge in [0.1, 0.15) is 6.04 Å². The summed E-state index contributed by atoms with van der Waals surface area (Å²) in [6.45, 7) is 4.05. The maximum Gasteiger partial charge on any atom is 0.244 e.